The number of furan rings is 1. The van der Waals surface area contributed by atoms with E-state index < -0.39 is 5.82 Å². The molecular weight excluding hydrogens is 345 g/mol. The van der Waals surface area contributed by atoms with Crippen LogP contribution in [0.3, 0.4) is 0 Å². The zero-order chi connectivity index (χ0) is 18.1. The standard InChI is InChI=1S/C18H17ClFN3O2/c19-15-10-18(14(11-22)9-16(15)20)25-17(13-4-8-24-12-13)3-7-23-6-2-1-5-21/h4,8-10,12,17,23H,1-3,6-7H2/t17-/m1/s1. The maximum Gasteiger partial charge on any atom is 0.143 e. The molecule has 0 fully saturated rings. The Morgan fingerprint density at radius 3 is 2.84 bits per heavy atom. The second kappa shape index (κ2) is 9.68. The number of benzene rings is 1. The minimum atomic E-state index is -0.662. The Labute approximate surface area is 150 Å². The molecule has 25 heavy (non-hydrogen) atoms. The predicted molar refractivity (Wildman–Crippen MR) is 90.5 cm³/mol. The first kappa shape index (κ1) is 18.8. The van der Waals surface area contributed by atoms with E-state index in [2.05, 4.69) is 11.4 Å². The van der Waals surface area contributed by atoms with Crippen LogP contribution in [0, 0.1) is 28.5 Å². The summed E-state index contributed by atoms with van der Waals surface area (Å²) >= 11 is 5.80. The maximum absolute atomic E-state index is 13.5. The molecule has 0 amide bonds. The smallest absolute Gasteiger partial charge is 0.143 e. The Morgan fingerprint density at radius 1 is 1.32 bits per heavy atom. The van der Waals surface area contributed by atoms with Gasteiger partial charge in [-0.05, 0) is 31.6 Å². The third-order valence-corrected chi connectivity index (χ3v) is 3.84. The molecule has 1 N–H and O–H groups in total. The fourth-order valence-electron chi connectivity index (χ4n) is 2.27. The first-order valence-electron chi connectivity index (χ1n) is 7.81. The van der Waals surface area contributed by atoms with Gasteiger partial charge in [-0.15, -0.1) is 0 Å². The molecule has 2 rings (SSSR count). The molecule has 0 aliphatic rings. The van der Waals surface area contributed by atoms with Crippen LogP contribution in [0.15, 0.2) is 35.1 Å². The van der Waals surface area contributed by atoms with Crippen molar-refractivity contribution in [2.75, 3.05) is 13.1 Å². The molecule has 7 heteroatoms. The molecule has 5 nitrogen and oxygen atoms in total. The fourth-order valence-corrected chi connectivity index (χ4v) is 2.42. The highest BCUT2D eigenvalue weighted by molar-refractivity contribution is 6.30. The molecule has 0 bridgehead atoms. The third kappa shape index (κ3) is 5.49. The highest BCUT2D eigenvalue weighted by Crippen LogP contribution is 2.31. The molecule has 0 aliphatic heterocycles. The van der Waals surface area contributed by atoms with E-state index in [1.54, 1.807) is 12.3 Å². The van der Waals surface area contributed by atoms with E-state index in [0.29, 0.717) is 19.4 Å². The minimum Gasteiger partial charge on any atom is -0.484 e. The molecule has 1 aromatic heterocycles. The number of hydrogen-bond acceptors (Lipinski definition) is 5. The summed E-state index contributed by atoms with van der Waals surface area (Å²) in [7, 11) is 0. The lowest BCUT2D eigenvalue weighted by atomic mass is 10.1. The third-order valence-electron chi connectivity index (χ3n) is 3.55. The van der Waals surface area contributed by atoms with Gasteiger partial charge in [-0.3, -0.25) is 0 Å². The summed E-state index contributed by atoms with van der Waals surface area (Å²) in [5.41, 5.74) is 0.889. The zero-order valence-electron chi connectivity index (χ0n) is 13.5. The summed E-state index contributed by atoms with van der Waals surface area (Å²) in [5.74, 6) is -0.436. The number of nitriles is 2. The molecule has 2 aromatic rings. The summed E-state index contributed by atoms with van der Waals surface area (Å²) in [4.78, 5) is 0. The number of hydrogen-bond donors (Lipinski definition) is 1. The summed E-state index contributed by atoms with van der Waals surface area (Å²) in [6, 6.07) is 8.15. The van der Waals surface area contributed by atoms with Gasteiger partial charge in [0.05, 0.1) is 29.2 Å². The van der Waals surface area contributed by atoms with Crippen LogP contribution in [0.4, 0.5) is 4.39 Å². The minimum absolute atomic E-state index is 0.0809. The van der Waals surface area contributed by atoms with Gasteiger partial charge in [0.15, 0.2) is 0 Å². The van der Waals surface area contributed by atoms with Crippen LogP contribution in [0.25, 0.3) is 0 Å². The second-order valence-corrected chi connectivity index (χ2v) is 5.74. The summed E-state index contributed by atoms with van der Waals surface area (Å²) in [5, 5.41) is 20.8. The molecular formula is C18H17ClFN3O2. The van der Waals surface area contributed by atoms with Crippen molar-refractivity contribution in [1.29, 1.82) is 10.5 Å². The Hall–Kier alpha value is -2.54. The SMILES string of the molecule is N#CCCCNCC[C@@H](Oc1cc(Cl)c(F)cc1C#N)c1ccoc1. The first-order chi connectivity index (χ1) is 12.2. The van der Waals surface area contributed by atoms with E-state index in [9.17, 15) is 9.65 Å². The number of halogens is 2. The molecule has 0 unspecified atom stereocenters. The van der Waals surface area contributed by atoms with Gasteiger partial charge in [-0.1, -0.05) is 11.6 Å². The van der Waals surface area contributed by atoms with Gasteiger partial charge in [0.25, 0.3) is 0 Å². The van der Waals surface area contributed by atoms with Gasteiger partial charge in [-0.25, -0.2) is 4.39 Å². The van der Waals surface area contributed by atoms with Crippen molar-refractivity contribution >= 4 is 11.6 Å². The van der Waals surface area contributed by atoms with Gasteiger partial charge in [0.1, 0.15) is 23.7 Å². The summed E-state index contributed by atoms with van der Waals surface area (Å²) in [6.45, 7) is 1.38. The molecule has 0 aliphatic carbocycles. The van der Waals surface area contributed by atoms with Crippen LogP contribution in [-0.4, -0.2) is 13.1 Å². The predicted octanol–water partition coefficient (Wildman–Crippen LogP) is 4.35. The van der Waals surface area contributed by atoms with Gasteiger partial charge >= 0.3 is 0 Å². The van der Waals surface area contributed by atoms with E-state index in [0.717, 1.165) is 24.6 Å². The van der Waals surface area contributed by atoms with Crippen LogP contribution < -0.4 is 10.1 Å². The molecule has 0 saturated carbocycles. The number of nitrogens with zero attached hydrogens (tertiary/aromatic N) is 2. The van der Waals surface area contributed by atoms with Gasteiger partial charge in [0.2, 0.25) is 0 Å². The van der Waals surface area contributed by atoms with Crippen LogP contribution in [0.1, 0.15) is 36.5 Å². The Bertz CT molecular complexity index is 766. The normalized spacial score (nSPS) is 11.5. The number of unbranched alkanes of at least 4 members (excludes halogenated alkanes) is 1. The van der Waals surface area contributed by atoms with E-state index >= 15 is 0 Å². The van der Waals surface area contributed by atoms with Crippen molar-refractivity contribution in [3.63, 3.8) is 0 Å². The first-order valence-corrected chi connectivity index (χ1v) is 8.19. The van der Waals surface area contributed by atoms with E-state index in [1.165, 1.54) is 12.3 Å². The van der Waals surface area contributed by atoms with Gasteiger partial charge < -0.3 is 14.5 Å². The van der Waals surface area contributed by atoms with Gasteiger partial charge in [0, 0.05) is 24.5 Å². The monoisotopic (exact) mass is 361 g/mol. The van der Waals surface area contributed by atoms with Gasteiger partial charge in [-0.2, -0.15) is 10.5 Å². The lowest BCUT2D eigenvalue weighted by Gasteiger charge is -2.19. The van der Waals surface area contributed by atoms with E-state index in [-0.39, 0.29) is 22.4 Å². The molecule has 1 atom stereocenters. The Kier molecular flexibility index (Phi) is 7.28. The topological polar surface area (TPSA) is 82.0 Å². The number of ether oxygens (including phenoxy) is 1. The molecule has 130 valence electrons. The summed E-state index contributed by atoms with van der Waals surface area (Å²) < 4.78 is 24.5. The molecule has 0 saturated heterocycles. The van der Waals surface area contributed by atoms with Crippen LogP contribution in [0.2, 0.25) is 5.02 Å². The average Bonchev–Trinajstić information content (AvgIpc) is 3.14. The van der Waals surface area contributed by atoms with E-state index in [4.69, 9.17) is 26.0 Å². The zero-order valence-corrected chi connectivity index (χ0v) is 14.2. The van der Waals surface area contributed by atoms with Crippen LogP contribution >= 0.6 is 11.6 Å². The maximum atomic E-state index is 13.5. The summed E-state index contributed by atoms with van der Waals surface area (Å²) in [6.07, 6.45) is 4.61. The lowest BCUT2D eigenvalue weighted by molar-refractivity contribution is 0.192. The van der Waals surface area contributed by atoms with Crippen molar-refractivity contribution in [3.05, 3.63) is 52.7 Å². The lowest BCUT2D eigenvalue weighted by Crippen LogP contribution is -2.21. The van der Waals surface area contributed by atoms with Crippen LogP contribution in [0.5, 0.6) is 5.75 Å². The highest BCUT2D eigenvalue weighted by atomic mass is 35.5. The van der Waals surface area contributed by atoms with Crippen molar-refractivity contribution in [1.82, 2.24) is 5.32 Å². The average molecular weight is 362 g/mol. The largest absolute Gasteiger partial charge is 0.484 e. The van der Waals surface area contributed by atoms with Crippen molar-refractivity contribution < 1.29 is 13.5 Å². The van der Waals surface area contributed by atoms with Crippen molar-refractivity contribution in [2.45, 2.75) is 25.4 Å². The second-order valence-electron chi connectivity index (χ2n) is 5.34. The number of nitrogens with one attached hydrogen (secondary N) is 1. The Balaban J connectivity index is 2.06. The van der Waals surface area contributed by atoms with E-state index in [1.807, 2.05) is 6.07 Å². The fraction of sp³-hybridized carbons (Fsp3) is 0.333. The molecule has 0 radical (unpaired) electrons. The quantitative estimate of drug-likeness (QED) is 0.671. The molecule has 0 spiro atoms. The molecule has 1 aromatic carbocycles. The Morgan fingerprint density at radius 2 is 2.16 bits per heavy atom. The highest BCUT2D eigenvalue weighted by Gasteiger charge is 2.18. The van der Waals surface area contributed by atoms with Crippen molar-refractivity contribution in [2.24, 2.45) is 0 Å². The van der Waals surface area contributed by atoms with Crippen LogP contribution in [-0.2, 0) is 0 Å². The van der Waals surface area contributed by atoms with Crippen molar-refractivity contribution in [3.8, 4) is 17.9 Å². The molecule has 1 heterocycles. The number of rotatable bonds is 9.